The number of thiophene rings is 1. The van der Waals surface area contributed by atoms with Gasteiger partial charge >= 0.3 is 0 Å². The number of amides is 1. The van der Waals surface area contributed by atoms with Crippen molar-refractivity contribution in [3.63, 3.8) is 0 Å². The Kier molecular flexibility index (Phi) is 4.28. The average Bonchev–Trinajstić information content (AvgIpc) is 3.34. The Hall–Kier alpha value is -2.61. The van der Waals surface area contributed by atoms with E-state index >= 15 is 0 Å². The minimum absolute atomic E-state index is 0.0452. The first-order chi connectivity index (χ1) is 12.5. The van der Waals surface area contributed by atoms with Crippen LogP contribution in [0, 0.1) is 18.6 Å². The molecule has 5 nitrogen and oxygen atoms in total. The van der Waals surface area contributed by atoms with E-state index in [1.54, 1.807) is 4.90 Å². The summed E-state index contributed by atoms with van der Waals surface area (Å²) in [7, 11) is 0. The minimum Gasteiger partial charge on any atom is -0.337 e. The maximum absolute atomic E-state index is 13.9. The van der Waals surface area contributed by atoms with E-state index in [4.69, 9.17) is 4.52 Å². The SMILES string of the molecule is Cc1ccc(C(=O)N2CCCC2c2nc(-c3ccc(F)cc3F)no2)s1. The number of carbonyl (C=O) groups excluding carboxylic acids is 1. The molecule has 1 fully saturated rings. The second kappa shape index (κ2) is 6.60. The maximum Gasteiger partial charge on any atom is 0.264 e. The first-order valence-electron chi connectivity index (χ1n) is 8.19. The smallest absolute Gasteiger partial charge is 0.264 e. The molecular weight excluding hydrogens is 360 g/mol. The predicted octanol–water partition coefficient (Wildman–Crippen LogP) is 4.36. The van der Waals surface area contributed by atoms with Gasteiger partial charge < -0.3 is 9.42 Å². The molecule has 26 heavy (non-hydrogen) atoms. The third kappa shape index (κ3) is 3.01. The second-order valence-corrected chi connectivity index (χ2v) is 7.44. The molecule has 0 N–H and O–H groups in total. The third-order valence-electron chi connectivity index (χ3n) is 4.36. The van der Waals surface area contributed by atoms with Crippen LogP contribution in [0.25, 0.3) is 11.4 Å². The van der Waals surface area contributed by atoms with Crippen LogP contribution in [-0.4, -0.2) is 27.5 Å². The fraction of sp³-hybridized carbons (Fsp3) is 0.278. The number of likely N-dealkylation sites (tertiary alicyclic amines) is 1. The zero-order valence-corrected chi connectivity index (χ0v) is 14.7. The van der Waals surface area contributed by atoms with E-state index in [-0.39, 0.29) is 29.2 Å². The molecule has 3 heterocycles. The first-order valence-corrected chi connectivity index (χ1v) is 9.01. The third-order valence-corrected chi connectivity index (χ3v) is 5.35. The van der Waals surface area contributed by atoms with Crippen LogP contribution in [0.15, 0.2) is 34.9 Å². The zero-order chi connectivity index (χ0) is 18.3. The summed E-state index contributed by atoms with van der Waals surface area (Å²) < 4.78 is 32.3. The molecule has 1 atom stereocenters. The van der Waals surface area contributed by atoms with Gasteiger partial charge in [0.1, 0.15) is 17.7 Å². The highest BCUT2D eigenvalue weighted by atomic mass is 32.1. The van der Waals surface area contributed by atoms with Crippen LogP contribution in [0.3, 0.4) is 0 Å². The lowest BCUT2D eigenvalue weighted by Gasteiger charge is -2.21. The molecule has 0 radical (unpaired) electrons. The molecule has 2 aromatic heterocycles. The highest BCUT2D eigenvalue weighted by Gasteiger charge is 2.35. The predicted molar refractivity (Wildman–Crippen MR) is 91.7 cm³/mol. The number of rotatable bonds is 3. The van der Waals surface area contributed by atoms with Crippen LogP contribution in [-0.2, 0) is 0 Å². The molecule has 1 unspecified atom stereocenters. The number of nitrogens with zero attached hydrogens (tertiary/aromatic N) is 3. The van der Waals surface area contributed by atoms with Gasteiger partial charge in [-0.3, -0.25) is 4.79 Å². The van der Waals surface area contributed by atoms with E-state index in [0.29, 0.717) is 17.8 Å². The van der Waals surface area contributed by atoms with Crippen LogP contribution in [0.1, 0.15) is 39.3 Å². The molecule has 1 aliphatic rings. The van der Waals surface area contributed by atoms with E-state index in [9.17, 15) is 13.6 Å². The van der Waals surface area contributed by atoms with Crippen LogP contribution >= 0.6 is 11.3 Å². The molecule has 8 heteroatoms. The van der Waals surface area contributed by atoms with Crippen molar-refractivity contribution in [2.24, 2.45) is 0 Å². The Bertz CT molecular complexity index is 969. The molecule has 1 amide bonds. The lowest BCUT2D eigenvalue weighted by atomic mass is 10.2. The summed E-state index contributed by atoms with van der Waals surface area (Å²) in [6.45, 7) is 2.55. The first kappa shape index (κ1) is 16.8. The molecule has 3 aromatic rings. The van der Waals surface area contributed by atoms with Crippen molar-refractivity contribution in [3.8, 4) is 11.4 Å². The summed E-state index contributed by atoms with van der Waals surface area (Å²) in [6.07, 6.45) is 1.52. The minimum atomic E-state index is -0.759. The van der Waals surface area contributed by atoms with Crippen molar-refractivity contribution < 1.29 is 18.1 Å². The Morgan fingerprint density at radius 1 is 1.31 bits per heavy atom. The maximum atomic E-state index is 13.9. The molecule has 0 saturated carbocycles. The molecule has 1 saturated heterocycles. The Labute approximate surface area is 152 Å². The van der Waals surface area contributed by atoms with Crippen molar-refractivity contribution in [3.05, 3.63) is 57.6 Å². The van der Waals surface area contributed by atoms with Gasteiger partial charge in [0.15, 0.2) is 0 Å². The summed E-state index contributed by atoms with van der Waals surface area (Å²) in [4.78, 5) is 20.5. The number of halogens is 2. The summed E-state index contributed by atoms with van der Waals surface area (Å²) in [5.41, 5.74) is 0.0613. The average molecular weight is 375 g/mol. The standard InChI is InChI=1S/C18H15F2N3O2S/c1-10-4-7-15(26-10)18(24)23-8-2-3-14(23)17-21-16(22-25-17)12-6-5-11(19)9-13(12)20/h4-7,9,14H,2-3,8H2,1H3. The zero-order valence-electron chi connectivity index (χ0n) is 13.9. The van der Waals surface area contributed by atoms with Gasteiger partial charge in [0.25, 0.3) is 5.91 Å². The molecule has 0 bridgehead atoms. The lowest BCUT2D eigenvalue weighted by molar-refractivity contribution is 0.0715. The summed E-state index contributed by atoms with van der Waals surface area (Å²) in [5, 5.41) is 3.81. The number of hydrogen-bond donors (Lipinski definition) is 0. The lowest BCUT2D eigenvalue weighted by Crippen LogP contribution is -2.30. The van der Waals surface area contributed by atoms with Crippen molar-refractivity contribution in [2.45, 2.75) is 25.8 Å². The number of aryl methyl sites for hydroxylation is 1. The normalized spacial score (nSPS) is 17.0. The summed E-state index contributed by atoms with van der Waals surface area (Å²) >= 11 is 1.44. The van der Waals surface area contributed by atoms with Gasteiger partial charge in [-0.15, -0.1) is 11.3 Å². The Balaban J connectivity index is 1.61. The van der Waals surface area contributed by atoms with Crippen LogP contribution in [0.5, 0.6) is 0 Å². The van der Waals surface area contributed by atoms with Gasteiger partial charge in [-0.2, -0.15) is 4.98 Å². The molecule has 4 rings (SSSR count). The highest BCUT2D eigenvalue weighted by molar-refractivity contribution is 7.13. The Morgan fingerprint density at radius 3 is 2.88 bits per heavy atom. The highest BCUT2D eigenvalue weighted by Crippen LogP contribution is 2.34. The van der Waals surface area contributed by atoms with Crippen LogP contribution < -0.4 is 0 Å². The van der Waals surface area contributed by atoms with Crippen LogP contribution in [0.4, 0.5) is 8.78 Å². The van der Waals surface area contributed by atoms with Crippen molar-refractivity contribution in [1.82, 2.24) is 15.0 Å². The van der Waals surface area contributed by atoms with Crippen molar-refractivity contribution >= 4 is 17.2 Å². The van der Waals surface area contributed by atoms with Crippen molar-refractivity contribution in [2.75, 3.05) is 6.54 Å². The van der Waals surface area contributed by atoms with Gasteiger partial charge in [0.2, 0.25) is 11.7 Å². The van der Waals surface area contributed by atoms with E-state index in [2.05, 4.69) is 10.1 Å². The van der Waals surface area contributed by atoms with Gasteiger partial charge in [0.05, 0.1) is 10.4 Å². The van der Waals surface area contributed by atoms with Crippen LogP contribution in [0.2, 0.25) is 0 Å². The number of aromatic nitrogens is 2. The Morgan fingerprint density at radius 2 is 2.15 bits per heavy atom. The monoisotopic (exact) mass is 375 g/mol. The number of carbonyl (C=O) groups is 1. The van der Waals surface area contributed by atoms with Gasteiger partial charge in [-0.25, -0.2) is 8.78 Å². The topological polar surface area (TPSA) is 59.2 Å². The van der Waals surface area contributed by atoms with Gasteiger partial charge in [-0.1, -0.05) is 5.16 Å². The molecule has 134 valence electrons. The van der Waals surface area contributed by atoms with E-state index in [1.165, 1.54) is 17.4 Å². The van der Waals surface area contributed by atoms with Gasteiger partial charge in [-0.05, 0) is 44.0 Å². The molecule has 1 aromatic carbocycles. The largest absolute Gasteiger partial charge is 0.337 e. The molecular formula is C18H15F2N3O2S. The fourth-order valence-electron chi connectivity index (χ4n) is 3.11. The number of benzene rings is 1. The quantitative estimate of drug-likeness (QED) is 0.682. The summed E-state index contributed by atoms with van der Waals surface area (Å²) in [6, 6.07) is 6.56. The van der Waals surface area contributed by atoms with Gasteiger partial charge in [0, 0.05) is 17.5 Å². The fourth-order valence-corrected chi connectivity index (χ4v) is 3.93. The van der Waals surface area contributed by atoms with E-state index in [1.807, 2.05) is 19.1 Å². The molecule has 0 spiro atoms. The number of hydrogen-bond acceptors (Lipinski definition) is 5. The molecule has 0 aliphatic carbocycles. The summed E-state index contributed by atoms with van der Waals surface area (Å²) in [5.74, 6) is -1.19. The van der Waals surface area contributed by atoms with E-state index < -0.39 is 11.6 Å². The van der Waals surface area contributed by atoms with Crippen molar-refractivity contribution in [1.29, 1.82) is 0 Å². The molecule has 1 aliphatic heterocycles. The van der Waals surface area contributed by atoms with E-state index in [0.717, 1.165) is 23.4 Å². The second-order valence-electron chi connectivity index (χ2n) is 6.15.